The maximum Gasteiger partial charge on any atom is 0.216 e. The molecule has 0 aliphatic heterocycles. The fraction of sp³-hybridized carbons (Fsp3) is 0.250. The van der Waals surface area contributed by atoms with Crippen LogP contribution < -0.4 is 5.32 Å². The number of halogens is 1. The Morgan fingerprint density at radius 3 is 2.70 bits per heavy atom. The lowest BCUT2D eigenvalue weighted by Gasteiger charge is -2.05. The molecular weight excluding hydrogens is 334 g/mol. The third-order valence-corrected chi connectivity index (χ3v) is 4.27. The Morgan fingerprint density at radius 1 is 1.39 bits per heavy atom. The minimum atomic E-state index is -0.908. The van der Waals surface area contributed by atoms with Gasteiger partial charge in [-0.3, -0.25) is 9.59 Å². The number of nitriles is 1. The summed E-state index contributed by atoms with van der Waals surface area (Å²) in [5, 5.41) is 14.7. The van der Waals surface area contributed by atoms with E-state index >= 15 is 0 Å². The van der Waals surface area contributed by atoms with E-state index in [0.717, 1.165) is 5.56 Å². The number of thiazole rings is 1. The number of nitrogens with one attached hydrogen (secondary N) is 1. The number of rotatable bonds is 6. The summed E-state index contributed by atoms with van der Waals surface area (Å²) in [6, 6.07) is 9.18. The number of Topliss-reactive ketones (excluding diaryl/α,β-unsaturated/α-hetero) is 1. The number of aromatic nitrogens is 1. The van der Waals surface area contributed by atoms with E-state index in [1.54, 1.807) is 12.1 Å². The van der Waals surface area contributed by atoms with Crippen LogP contribution in [0.15, 0.2) is 29.6 Å². The van der Waals surface area contributed by atoms with Crippen molar-refractivity contribution in [2.45, 2.75) is 19.3 Å². The van der Waals surface area contributed by atoms with E-state index in [9.17, 15) is 14.9 Å². The molecule has 23 heavy (non-hydrogen) atoms. The van der Waals surface area contributed by atoms with Crippen LogP contribution in [-0.4, -0.2) is 23.2 Å². The van der Waals surface area contributed by atoms with Crippen molar-refractivity contribution in [3.63, 3.8) is 0 Å². The number of amides is 1. The Bertz CT molecular complexity index is 749. The number of benzene rings is 1. The van der Waals surface area contributed by atoms with E-state index < -0.39 is 5.92 Å². The van der Waals surface area contributed by atoms with E-state index in [2.05, 4.69) is 10.3 Å². The lowest BCUT2D eigenvalue weighted by Crippen LogP contribution is -2.24. The molecule has 7 heteroatoms. The Kier molecular flexibility index (Phi) is 5.85. The van der Waals surface area contributed by atoms with Crippen molar-refractivity contribution in [2.24, 2.45) is 0 Å². The molecule has 0 fully saturated rings. The van der Waals surface area contributed by atoms with Crippen molar-refractivity contribution in [1.29, 1.82) is 5.26 Å². The summed E-state index contributed by atoms with van der Waals surface area (Å²) in [5.41, 5.74) is 1.58. The second-order valence-electron chi connectivity index (χ2n) is 4.84. The molecule has 1 aromatic heterocycles. The van der Waals surface area contributed by atoms with Gasteiger partial charge >= 0.3 is 0 Å². The monoisotopic (exact) mass is 347 g/mol. The molecule has 2 aromatic rings. The van der Waals surface area contributed by atoms with E-state index in [0.29, 0.717) is 15.7 Å². The molecule has 0 aliphatic rings. The highest BCUT2D eigenvalue weighted by Gasteiger charge is 2.23. The summed E-state index contributed by atoms with van der Waals surface area (Å²) in [6.45, 7) is 1.60. The van der Waals surface area contributed by atoms with Crippen LogP contribution >= 0.6 is 22.9 Å². The van der Waals surface area contributed by atoms with Gasteiger partial charge in [-0.1, -0.05) is 23.7 Å². The lowest BCUT2D eigenvalue weighted by molar-refractivity contribution is -0.120. The largest absolute Gasteiger partial charge is 0.356 e. The summed E-state index contributed by atoms with van der Waals surface area (Å²) in [4.78, 5) is 27.3. The van der Waals surface area contributed by atoms with Crippen LogP contribution in [0, 0.1) is 11.3 Å². The maximum atomic E-state index is 12.1. The Hall–Kier alpha value is -2.23. The summed E-state index contributed by atoms with van der Waals surface area (Å²) >= 11 is 7.13. The average Bonchev–Trinajstić information content (AvgIpc) is 2.98. The van der Waals surface area contributed by atoms with Crippen LogP contribution in [0.4, 0.5) is 0 Å². The molecule has 0 bridgehead atoms. The molecule has 1 atom stereocenters. The van der Waals surface area contributed by atoms with Crippen LogP contribution in [0.5, 0.6) is 0 Å². The first-order valence-corrected chi connectivity index (χ1v) is 8.15. The second kappa shape index (κ2) is 7.86. The zero-order valence-corrected chi connectivity index (χ0v) is 13.9. The predicted octanol–water partition coefficient (Wildman–Crippen LogP) is 3.17. The highest BCUT2D eigenvalue weighted by Crippen LogP contribution is 2.28. The van der Waals surface area contributed by atoms with Crippen molar-refractivity contribution < 1.29 is 9.59 Å². The van der Waals surface area contributed by atoms with E-state index in [4.69, 9.17) is 11.6 Å². The van der Waals surface area contributed by atoms with Crippen molar-refractivity contribution in [3.05, 3.63) is 39.7 Å². The van der Waals surface area contributed by atoms with Gasteiger partial charge < -0.3 is 5.32 Å². The van der Waals surface area contributed by atoms with E-state index in [1.807, 2.05) is 23.6 Å². The number of carbonyl (C=O) groups is 2. The first-order valence-electron chi connectivity index (χ1n) is 6.89. The SMILES string of the molecule is CC(=O)NCCC(=O)C(C#N)c1nc(-c2ccc(Cl)cc2)cs1. The van der Waals surface area contributed by atoms with Gasteiger partial charge in [0, 0.05) is 35.9 Å². The van der Waals surface area contributed by atoms with Crippen molar-refractivity contribution in [1.82, 2.24) is 10.3 Å². The van der Waals surface area contributed by atoms with Gasteiger partial charge in [-0.15, -0.1) is 11.3 Å². The first-order chi connectivity index (χ1) is 11.0. The Morgan fingerprint density at radius 2 is 2.09 bits per heavy atom. The van der Waals surface area contributed by atoms with E-state index in [1.165, 1.54) is 18.3 Å². The molecule has 0 saturated carbocycles. The van der Waals surface area contributed by atoms with E-state index in [-0.39, 0.29) is 24.7 Å². The number of hydrogen-bond donors (Lipinski definition) is 1. The molecule has 0 saturated heterocycles. The van der Waals surface area contributed by atoms with Gasteiger partial charge in [0.2, 0.25) is 5.91 Å². The molecule has 1 aromatic carbocycles. The molecule has 0 radical (unpaired) electrons. The number of ketones is 1. The van der Waals surface area contributed by atoms with Gasteiger partial charge in [-0.2, -0.15) is 5.26 Å². The highest BCUT2D eigenvalue weighted by atomic mass is 35.5. The fourth-order valence-corrected chi connectivity index (χ4v) is 2.96. The summed E-state index contributed by atoms with van der Waals surface area (Å²) in [6.07, 6.45) is 0.105. The normalized spacial score (nSPS) is 11.5. The number of carbonyl (C=O) groups excluding carboxylic acids is 2. The zero-order chi connectivity index (χ0) is 16.8. The molecular formula is C16H14ClN3O2S. The maximum absolute atomic E-state index is 12.1. The van der Waals surface area contributed by atoms with Gasteiger partial charge in [0.15, 0.2) is 11.7 Å². The highest BCUT2D eigenvalue weighted by molar-refractivity contribution is 7.10. The first kappa shape index (κ1) is 17.1. The van der Waals surface area contributed by atoms with Crippen LogP contribution in [-0.2, 0) is 9.59 Å². The minimum Gasteiger partial charge on any atom is -0.356 e. The van der Waals surface area contributed by atoms with Gasteiger partial charge in [0.25, 0.3) is 0 Å². The molecule has 2 rings (SSSR count). The molecule has 1 heterocycles. The summed E-state index contributed by atoms with van der Waals surface area (Å²) in [5.74, 6) is -1.36. The summed E-state index contributed by atoms with van der Waals surface area (Å²) < 4.78 is 0. The Labute approximate surface area is 142 Å². The molecule has 0 aliphatic carbocycles. The van der Waals surface area contributed by atoms with Gasteiger partial charge in [0.05, 0.1) is 11.8 Å². The van der Waals surface area contributed by atoms with Crippen molar-refractivity contribution >= 4 is 34.6 Å². The zero-order valence-electron chi connectivity index (χ0n) is 12.4. The molecule has 1 amide bonds. The van der Waals surface area contributed by atoms with Gasteiger partial charge in [0.1, 0.15) is 5.01 Å². The van der Waals surface area contributed by atoms with Crippen LogP contribution in [0.1, 0.15) is 24.3 Å². The van der Waals surface area contributed by atoms with Gasteiger partial charge in [-0.25, -0.2) is 4.98 Å². The van der Waals surface area contributed by atoms with Crippen molar-refractivity contribution in [2.75, 3.05) is 6.54 Å². The molecule has 1 unspecified atom stereocenters. The van der Waals surface area contributed by atoms with Crippen molar-refractivity contribution in [3.8, 4) is 17.3 Å². The lowest BCUT2D eigenvalue weighted by atomic mass is 10.0. The molecule has 118 valence electrons. The van der Waals surface area contributed by atoms with Crippen LogP contribution in [0.3, 0.4) is 0 Å². The van der Waals surface area contributed by atoms with Crippen LogP contribution in [0.2, 0.25) is 5.02 Å². The molecule has 1 N–H and O–H groups in total. The Balaban J connectivity index is 2.10. The third-order valence-electron chi connectivity index (χ3n) is 3.11. The average molecular weight is 348 g/mol. The van der Waals surface area contributed by atoms with Gasteiger partial charge in [-0.05, 0) is 12.1 Å². The summed E-state index contributed by atoms with van der Waals surface area (Å²) in [7, 11) is 0. The smallest absolute Gasteiger partial charge is 0.216 e. The standard InChI is InChI=1S/C16H14ClN3O2S/c1-10(21)19-7-6-15(22)13(8-18)16-20-14(9-23-16)11-2-4-12(17)5-3-11/h2-5,9,13H,6-7H2,1H3,(H,19,21). The molecule has 0 spiro atoms. The second-order valence-corrected chi connectivity index (χ2v) is 6.17. The third kappa shape index (κ3) is 4.62. The van der Waals surface area contributed by atoms with Crippen LogP contribution in [0.25, 0.3) is 11.3 Å². The number of nitrogens with zero attached hydrogens (tertiary/aromatic N) is 2. The quantitative estimate of drug-likeness (QED) is 0.870. The number of hydrogen-bond acceptors (Lipinski definition) is 5. The predicted molar refractivity (Wildman–Crippen MR) is 89.2 cm³/mol. The minimum absolute atomic E-state index is 0.105. The topological polar surface area (TPSA) is 82.9 Å². The fourth-order valence-electron chi connectivity index (χ4n) is 1.94. The molecule has 5 nitrogen and oxygen atoms in total.